The summed E-state index contributed by atoms with van der Waals surface area (Å²) in [5.74, 6) is -0.924. The molecule has 0 aliphatic carbocycles. The van der Waals surface area contributed by atoms with E-state index in [1.807, 2.05) is 32.0 Å². The van der Waals surface area contributed by atoms with E-state index in [-0.39, 0.29) is 12.3 Å². The SMILES string of the molecule is CCOP(OCC)C(CO)c1ccc2sc(C(=O)O)cc2c1. The molecule has 1 heterocycles. The number of thiophene rings is 1. The van der Waals surface area contributed by atoms with Crippen molar-refractivity contribution in [2.24, 2.45) is 0 Å². The Morgan fingerprint density at radius 3 is 2.50 bits per heavy atom. The van der Waals surface area contributed by atoms with Crippen LogP contribution in [-0.2, 0) is 9.05 Å². The molecule has 0 amide bonds. The second kappa shape index (κ2) is 7.99. The summed E-state index contributed by atoms with van der Waals surface area (Å²) < 4.78 is 12.2. The van der Waals surface area contributed by atoms with E-state index < -0.39 is 14.3 Å². The maximum absolute atomic E-state index is 11.1. The van der Waals surface area contributed by atoms with Crippen LogP contribution in [0, 0.1) is 0 Å². The molecule has 0 radical (unpaired) electrons. The minimum absolute atomic E-state index is 0.0763. The van der Waals surface area contributed by atoms with E-state index in [0.717, 1.165) is 15.6 Å². The van der Waals surface area contributed by atoms with Crippen LogP contribution in [0.25, 0.3) is 10.1 Å². The summed E-state index contributed by atoms with van der Waals surface area (Å²) in [6.45, 7) is 4.75. The first-order valence-corrected chi connectivity index (χ1v) is 9.09. The molecule has 22 heavy (non-hydrogen) atoms. The number of carboxylic acid groups (broad SMARTS) is 1. The predicted octanol–water partition coefficient (Wildman–Crippen LogP) is 4.02. The molecule has 5 nitrogen and oxygen atoms in total. The molecule has 0 bridgehead atoms. The molecule has 0 fully saturated rings. The maximum atomic E-state index is 11.1. The van der Waals surface area contributed by atoms with Gasteiger partial charge in [-0.3, -0.25) is 0 Å². The lowest BCUT2D eigenvalue weighted by Crippen LogP contribution is -2.06. The van der Waals surface area contributed by atoms with E-state index in [0.29, 0.717) is 18.1 Å². The standard InChI is InChI=1S/C15H19O5PS/c1-3-19-21(20-4-2)12(9-16)10-5-6-13-11(7-10)8-14(22-13)15(17)18/h5-8,12,16H,3-4,9H2,1-2H3,(H,17,18). The highest BCUT2D eigenvalue weighted by Crippen LogP contribution is 2.53. The summed E-state index contributed by atoms with van der Waals surface area (Å²) in [5.41, 5.74) is 0.658. The number of hydrogen-bond donors (Lipinski definition) is 2. The highest BCUT2D eigenvalue weighted by Gasteiger charge is 2.25. The van der Waals surface area contributed by atoms with Crippen molar-refractivity contribution in [3.05, 3.63) is 34.7 Å². The van der Waals surface area contributed by atoms with Gasteiger partial charge in [-0.2, -0.15) is 0 Å². The monoisotopic (exact) mass is 342 g/mol. The number of carboxylic acids is 1. The third-order valence-electron chi connectivity index (χ3n) is 3.08. The maximum Gasteiger partial charge on any atom is 0.345 e. The van der Waals surface area contributed by atoms with Crippen LogP contribution in [0.4, 0.5) is 0 Å². The van der Waals surface area contributed by atoms with Gasteiger partial charge in [-0.15, -0.1) is 11.3 Å². The molecule has 1 unspecified atom stereocenters. The van der Waals surface area contributed by atoms with Gasteiger partial charge in [0.15, 0.2) is 8.38 Å². The normalized spacial score (nSPS) is 12.9. The molecule has 0 spiro atoms. The van der Waals surface area contributed by atoms with E-state index >= 15 is 0 Å². The number of carbonyl (C=O) groups is 1. The van der Waals surface area contributed by atoms with E-state index in [2.05, 4.69) is 0 Å². The van der Waals surface area contributed by atoms with Crippen LogP contribution in [0.3, 0.4) is 0 Å². The molecule has 2 aromatic rings. The molecule has 1 aromatic heterocycles. The molecule has 1 atom stereocenters. The van der Waals surface area contributed by atoms with Gasteiger partial charge in [0.25, 0.3) is 0 Å². The van der Waals surface area contributed by atoms with Crippen molar-refractivity contribution in [1.82, 2.24) is 0 Å². The highest BCUT2D eigenvalue weighted by molar-refractivity contribution is 7.47. The summed E-state index contributed by atoms with van der Waals surface area (Å²) in [6.07, 6.45) is 0. The third kappa shape index (κ3) is 3.83. The number of aromatic carboxylic acids is 1. The van der Waals surface area contributed by atoms with Crippen LogP contribution >= 0.6 is 19.7 Å². The van der Waals surface area contributed by atoms with E-state index in [4.69, 9.17) is 14.2 Å². The Morgan fingerprint density at radius 1 is 1.27 bits per heavy atom. The van der Waals surface area contributed by atoms with Crippen molar-refractivity contribution in [1.29, 1.82) is 0 Å². The molecule has 1 aromatic carbocycles. The average molecular weight is 342 g/mol. The van der Waals surface area contributed by atoms with Crippen LogP contribution in [0.5, 0.6) is 0 Å². The van der Waals surface area contributed by atoms with Crippen molar-refractivity contribution < 1.29 is 24.1 Å². The second-order valence-electron chi connectivity index (χ2n) is 4.53. The lowest BCUT2D eigenvalue weighted by atomic mass is 10.1. The van der Waals surface area contributed by atoms with Crippen LogP contribution in [-0.4, -0.2) is 36.0 Å². The highest BCUT2D eigenvalue weighted by atomic mass is 32.1. The summed E-state index contributed by atoms with van der Waals surface area (Å²) in [6, 6.07) is 7.35. The number of benzene rings is 1. The van der Waals surface area contributed by atoms with Gasteiger partial charge in [-0.05, 0) is 43.0 Å². The first kappa shape index (κ1) is 17.3. The molecule has 0 aliphatic rings. The summed E-state index contributed by atoms with van der Waals surface area (Å²) in [5, 5.41) is 19.7. The lowest BCUT2D eigenvalue weighted by molar-refractivity contribution is 0.0702. The topological polar surface area (TPSA) is 76.0 Å². The van der Waals surface area contributed by atoms with Crippen LogP contribution in [0.15, 0.2) is 24.3 Å². The van der Waals surface area contributed by atoms with Gasteiger partial charge in [-0.25, -0.2) is 4.79 Å². The van der Waals surface area contributed by atoms with E-state index in [9.17, 15) is 9.90 Å². The molecular weight excluding hydrogens is 323 g/mol. The van der Waals surface area contributed by atoms with Crippen LogP contribution < -0.4 is 0 Å². The fourth-order valence-corrected chi connectivity index (χ4v) is 4.50. The minimum Gasteiger partial charge on any atom is -0.477 e. The van der Waals surface area contributed by atoms with E-state index in [1.165, 1.54) is 11.3 Å². The Hall–Kier alpha value is -1.04. The Morgan fingerprint density at radius 2 is 1.95 bits per heavy atom. The zero-order valence-corrected chi connectivity index (χ0v) is 14.2. The Balaban J connectivity index is 2.35. The van der Waals surface area contributed by atoms with Gasteiger partial charge >= 0.3 is 5.97 Å². The zero-order chi connectivity index (χ0) is 16.1. The summed E-state index contributed by atoms with van der Waals surface area (Å²) >= 11 is 1.24. The predicted molar refractivity (Wildman–Crippen MR) is 88.8 cm³/mol. The number of aliphatic hydroxyl groups excluding tert-OH is 1. The van der Waals surface area contributed by atoms with E-state index in [1.54, 1.807) is 6.07 Å². The fraction of sp³-hybridized carbons (Fsp3) is 0.400. The van der Waals surface area contributed by atoms with Crippen molar-refractivity contribution in [2.75, 3.05) is 19.8 Å². The van der Waals surface area contributed by atoms with Crippen molar-refractivity contribution in [3.63, 3.8) is 0 Å². The first-order chi connectivity index (χ1) is 10.6. The number of fused-ring (bicyclic) bond motifs is 1. The Labute approximate surface area is 134 Å². The van der Waals surface area contributed by atoms with Gasteiger partial charge in [-0.1, -0.05) is 6.07 Å². The van der Waals surface area contributed by atoms with Gasteiger partial charge in [0.2, 0.25) is 0 Å². The Kier molecular flexibility index (Phi) is 6.29. The van der Waals surface area contributed by atoms with Gasteiger partial charge in [0, 0.05) is 4.70 Å². The number of hydrogen-bond acceptors (Lipinski definition) is 5. The second-order valence-corrected chi connectivity index (χ2v) is 7.33. The summed E-state index contributed by atoms with van der Waals surface area (Å²) in [4.78, 5) is 11.4. The first-order valence-electron chi connectivity index (χ1n) is 7.03. The van der Waals surface area contributed by atoms with Gasteiger partial charge < -0.3 is 19.3 Å². The quantitative estimate of drug-likeness (QED) is 0.709. The smallest absolute Gasteiger partial charge is 0.345 e. The van der Waals surface area contributed by atoms with Crippen LogP contribution in [0.1, 0.15) is 34.7 Å². The molecule has 0 saturated carbocycles. The largest absolute Gasteiger partial charge is 0.477 e. The molecule has 7 heteroatoms. The molecule has 0 saturated heterocycles. The summed E-state index contributed by atoms with van der Waals surface area (Å²) in [7, 11) is -1.22. The number of rotatable bonds is 8. The zero-order valence-electron chi connectivity index (χ0n) is 12.5. The van der Waals surface area contributed by atoms with Crippen molar-refractivity contribution in [3.8, 4) is 0 Å². The molecule has 0 aliphatic heterocycles. The molecule has 2 rings (SSSR count). The molecule has 120 valence electrons. The van der Waals surface area contributed by atoms with Crippen LogP contribution in [0.2, 0.25) is 0 Å². The van der Waals surface area contributed by atoms with Gasteiger partial charge in [0.1, 0.15) is 4.88 Å². The van der Waals surface area contributed by atoms with Crippen molar-refractivity contribution in [2.45, 2.75) is 19.5 Å². The minimum atomic E-state index is -1.22. The molecule has 2 N–H and O–H groups in total. The van der Waals surface area contributed by atoms with Crippen molar-refractivity contribution >= 4 is 35.8 Å². The van der Waals surface area contributed by atoms with Gasteiger partial charge in [0.05, 0.1) is 25.5 Å². The Bertz CT molecular complexity index is 636. The average Bonchev–Trinajstić information content (AvgIpc) is 2.92. The number of aliphatic hydroxyl groups is 1. The molecular formula is C15H19O5PS. The fourth-order valence-electron chi connectivity index (χ4n) is 2.14. The third-order valence-corrected chi connectivity index (χ3v) is 6.18. The lowest BCUT2D eigenvalue weighted by Gasteiger charge is -2.24.